The zero-order chi connectivity index (χ0) is 21.4. The van der Waals surface area contributed by atoms with Gasteiger partial charge in [0, 0.05) is 40.6 Å². The molecule has 9 heteroatoms. The molecule has 0 spiro atoms. The molecule has 1 aliphatic heterocycles. The lowest BCUT2D eigenvalue weighted by Crippen LogP contribution is -2.45. The summed E-state index contributed by atoms with van der Waals surface area (Å²) in [5, 5.41) is 3.81. The molecule has 1 atom stereocenters. The molecule has 1 aromatic heterocycles. The van der Waals surface area contributed by atoms with Gasteiger partial charge in [0.25, 0.3) is 5.56 Å². The molecule has 2 aromatic rings. The van der Waals surface area contributed by atoms with E-state index in [1.54, 1.807) is 4.57 Å². The van der Waals surface area contributed by atoms with Gasteiger partial charge in [0.2, 0.25) is 0 Å². The minimum atomic E-state index is -0.379. The SMILES string of the molecule is Cn1c(=O)cc(N2CCC[C@@H](N=[N+]=[N-])C2)n(Cc2ccccc2CN)c1=O.[2H][2H]. The fourth-order valence-electron chi connectivity index (χ4n) is 3.48. The Hall–Kier alpha value is -3.03. The normalized spacial score (nSPS) is 17.1. The Morgan fingerprint density at radius 3 is 2.81 bits per heavy atom. The number of benzene rings is 1. The molecule has 0 aliphatic carbocycles. The molecular formula is C18H25N7O2. The van der Waals surface area contributed by atoms with Crippen molar-refractivity contribution in [3.05, 3.63) is 72.7 Å². The summed E-state index contributed by atoms with van der Waals surface area (Å²) in [7, 11) is 1.47. The monoisotopic (exact) mass is 373 g/mol. The van der Waals surface area contributed by atoms with Crippen LogP contribution in [0.1, 0.15) is 26.9 Å². The van der Waals surface area contributed by atoms with Gasteiger partial charge in [0.05, 0.1) is 12.6 Å². The van der Waals surface area contributed by atoms with E-state index in [-0.39, 0.29) is 17.3 Å². The predicted molar refractivity (Wildman–Crippen MR) is 106 cm³/mol. The van der Waals surface area contributed by atoms with E-state index in [9.17, 15) is 9.59 Å². The van der Waals surface area contributed by atoms with Crippen LogP contribution in [0, 0.1) is 0 Å². The molecule has 0 amide bonds. The van der Waals surface area contributed by atoms with Crippen molar-refractivity contribution >= 4 is 5.82 Å². The lowest BCUT2D eigenvalue weighted by molar-refractivity contribution is 0.490. The minimum Gasteiger partial charge on any atom is -0.357 e. The van der Waals surface area contributed by atoms with Gasteiger partial charge in [-0.05, 0) is 29.5 Å². The zero-order valence-electron chi connectivity index (χ0n) is 17.3. The highest BCUT2D eigenvalue weighted by molar-refractivity contribution is 5.41. The molecule has 2 heterocycles. The van der Waals surface area contributed by atoms with E-state index in [2.05, 4.69) is 10.0 Å². The molecule has 1 aliphatic rings. The number of piperidine rings is 1. The maximum absolute atomic E-state index is 12.9. The van der Waals surface area contributed by atoms with Crippen molar-refractivity contribution in [3.63, 3.8) is 0 Å². The molecule has 1 fully saturated rings. The molecule has 0 bridgehead atoms. The van der Waals surface area contributed by atoms with E-state index in [0.717, 1.165) is 28.5 Å². The van der Waals surface area contributed by atoms with Crippen molar-refractivity contribution in [1.82, 2.24) is 9.13 Å². The maximum Gasteiger partial charge on any atom is 0.332 e. The fourth-order valence-corrected chi connectivity index (χ4v) is 3.48. The average Bonchev–Trinajstić information content (AvgIpc) is 2.76. The van der Waals surface area contributed by atoms with Gasteiger partial charge in [-0.25, -0.2) is 4.79 Å². The third-order valence-corrected chi connectivity index (χ3v) is 4.98. The molecular weight excluding hydrogens is 346 g/mol. The molecule has 0 unspecified atom stereocenters. The summed E-state index contributed by atoms with van der Waals surface area (Å²) in [6.07, 6.45) is 1.62. The average molecular weight is 373 g/mol. The Balaban J connectivity index is 0.00000145. The Bertz CT molecular complexity index is 998. The van der Waals surface area contributed by atoms with Crippen LogP contribution in [-0.2, 0) is 20.1 Å². The van der Waals surface area contributed by atoms with Crippen LogP contribution < -0.4 is 21.9 Å². The van der Waals surface area contributed by atoms with Gasteiger partial charge in [0.1, 0.15) is 5.82 Å². The summed E-state index contributed by atoms with van der Waals surface area (Å²) in [4.78, 5) is 30.0. The highest BCUT2D eigenvalue weighted by atomic mass is 16.2. The molecule has 1 aromatic carbocycles. The van der Waals surface area contributed by atoms with Crippen LogP contribution in [0.4, 0.5) is 5.82 Å². The number of rotatable bonds is 5. The lowest BCUT2D eigenvalue weighted by Gasteiger charge is -2.33. The Labute approximate surface area is 159 Å². The summed E-state index contributed by atoms with van der Waals surface area (Å²) >= 11 is 0. The number of hydrogen-bond donors (Lipinski definition) is 1. The van der Waals surface area contributed by atoms with Crippen LogP contribution in [0.2, 0.25) is 0 Å². The van der Waals surface area contributed by atoms with Gasteiger partial charge < -0.3 is 10.6 Å². The molecule has 3 rings (SSSR count). The molecule has 0 radical (unpaired) electrons. The summed E-state index contributed by atoms with van der Waals surface area (Å²) in [6.45, 7) is 1.87. The second-order valence-electron chi connectivity index (χ2n) is 6.69. The van der Waals surface area contributed by atoms with Crippen molar-refractivity contribution in [3.8, 4) is 0 Å². The molecule has 0 saturated carbocycles. The van der Waals surface area contributed by atoms with Crippen molar-refractivity contribution in [2.75, 3.05) is 18.0 Å². The number of anilines is 1. The molecule has 2 N–H and O–H groups in total. The second-order valence-corrected chi connectivity index (χ2v) is 6.69. The Kier molecular flexibility index (Phi) is 5.22. The summed E-state index contributed by atoms with van der Waals surface area (Å²) < 4.78 is 12.7. The Morgan fingerprint density at radius 1 is 1.37 bits per heavy atom. The van der Waals surface area contributed by atoms with Crippen LogP contribution in [-0.4, -0.2) is 28.3 Å². The third kappa shape index (κ3) is 3.89. The van der Waals surface area contributed by atoms with Crippen molar-refractivity contribution in [1.29, 1.82) is 0 Å². The van der Waals surface area contributed by atoms with E-state index in [1.165, 1.54) is 13.1 Å². The van der Waals surface area contributed by atoms with Gasteiger partial charge in [-0.2, -0.15) is 0 Å². The third-order valence-electron chi connectivity index (χ3n) is 4.98. The van der Waals surface area contributed by atoms with E-state index in [1.807, 2.05) is 29.2 Å². The smallest absolute Gasteiger partial charge is 0.332 e. The molecule has 9 nitrogen and oxygen atoms in total. The maximum atomic E-state index is 12.9. The van der Waals surface area contributed by atoms with Gasteiger partial charge in [-0.1, -0.05) is 29.4 Å². The van der Waals surface area contributed by atoms with Crippen LogP contribution in [0.3, 0.4) is 0 Å². The van der Waals surface area contributed by atoms with Crippen molar-refractivity contribution in [2.45, 2.75) is 32.0 Å². The van der Waals surface area contributed by atoms with Gasteiger partial charge in [-0.15, -0.1) is 0 Å². The van der Waals surface area contributed by atoms with Gasteiger partial charge in [0.15, 0.2) is 0 Å². The highest BCUT2D eigenvalue weighted by Crippen LogP contribution is 2.21. The number of nitrogens with two attached hydrogens (primary N) is 1. The second kappa shape index (κ2) is 8.11. The number of azide groups is 1. The van der Waals surface area contributed by atoms with Crippen molar-refractivity contribution in [2.24, 2.45) is 17.9 Å². The molecule has 1 saturated heterocycles. The molecule has 144 valence electrons. The first-order chi connectivity index (χ1) is 14.0. The summed E-state index contributed by atoms with van der Waals surface area (Å²) in [5.41, 5.74) is 15.7. The summed E-state index contributed by atoms with van der Waals surface area (Å²) in [5.74, 6) is 0.549. The van der Waals surface area contributed by atoms with Gasteiger partial charge in [-0.3, -0.25) is 13.9 Å². The Morgan fingerprint density at radius 2 is 2.11 bits per heavy atom. The zero-order valence-corrected chi connectivity index (χ0v) is 15.3. The first-order valence-electron chi connectivity index (χ1n) is 9.92. The number of aromatic nitrogens is 2. The van der Waals surface area contributed by atoms with Crippen LogP contribution in [0.5, 0.6) is 0 Å². The fraction of sp³-hybridized carbons (Fsp3) is 0.444. The van der Waals surface area contributed by atoms with Crippen LogP contribution >= 0.6 is 0 Å². The summed E-state index contributed by atoms with van der Waals surface area (Å²) in [6, 6.07) is 8.98. The first kappa shape index (κ1) is 17.4. The van der Waals surface area contributed by atoms with Crippen LogP contribution in [0.15, 0.2) is 45.0 Å². The minimum absolute atomic E-state index is 0.173. The van der Waals surface area contributed by atoms with E-state index in [0.29, 0.717) is 32.0 Å². The van der Waals surface area contributed by atoms with Crippen molar-refractivity contribution < 1.29 is 2.97 Å². The quantitative estimate of drug-likeness (QED) is 0.485. The van der Waals surface area contributed by atoms with Gasteiger partial charge >= 0.3 is 5.69 Å². The standard InChI is InChI=1S/C18H23N7O2.H2/c1-23-17(26)9-16(24-8-4-7-15(12-24)21-22-20)25(18(23)27)11-14-6-3-2-5-13(14)10-19;/h2-3,5-6,9,15H,4,7-8,10-12,19H2,1H3;1H/t15-;/m1./s1/i;1+1D. The van der Waals surface area contributed by atoms with E-state index >= 15 is 0 Å². The molecule has 27 heavy (non-hydrogen) atoms. The highest BCUT2D eigenvalue weighted by Gasteiger charge is 2.23. The first-order valence-corrected chi connectivity index (χ1v) is 8.92. The predicted octanol–water partition coefficient (Wildman–Crippen LogP) is 1.58. The number of nitrogens with zero attached hydrogens (tertiary/aromatic N) is 6. The number of hydrogen-bond acceptors (Lipinski definition) is 5. The van der Waals surface area contributed by atoms with Crippen LogP contribution in [0.25, 0.3) is 10.4 Å². The lowest BCUT2D eigenvalue weighted by atomic mass is 10.1. The van der Waals surface area contributed by atoms with E-state index in [4.69, 9.17) is 14.2 Å². The topological polar surface area (TPSA) is 122 Å². The largest absolute Gasteiger partial charge is 0.357 e. The van der Waals surface area contributed by atoms with E-state index < -0.39 is 0 Å².